The first kappa shape index (κ1) is 12.6. The minimum absolute atomic E-state index is 0.00724. The smallest absolute Gasteiger partial charge is 0.236 e. The summed E-state index contributed by atoms with van der Waals surface area (Å²) < 4.78 is 6.25. The molecule has 1 aliphatic heterocycles. The van der Waals surface area contributed by atoms with Crippen molar-refractivity contribution in [3.63, 3.8) is 0 Å². The number of carbonyl (C=O) groups excluding carboxylic acids is 1. The zero-order valence-corrected chi connectivity index (χ0v) is 12.1. The Kier molecular flexibility index (Phi) is 2.83. The van der Waals surface area contributed by atoms with Crippen LogP contribution in [0.25, 0.3) is 10.2 Å². The number of nitrogens with one attached hydrogen (secondary N) is 1. The monoisotopic (exact) mass is 276 g/mol. The van der Waals surface area contributed by atoms with Gasteiger partial charge in [-0.3, -0.25) is 4.79 Å². The lowest BCUT2D eigenvalue weighted by Crippen LogP contribution is -2.49. The number of rotatable bonds is 2. The van der Waals surface area contributed by atoms with E-state index in [0.29, 0.717) is 18.3 Å². The van der Waals surface area contributed by atoms with Crippen LogP contribution in [0.15, 0.2) is 12.1 Å². The molecule has 1 aliphatic rings. The molecule has 2 heterocycles. The molecule has 1 saturated heterocycles. The highest BCUT2D eigenvalue weighted by Gasteiger charge is 2.41. The largest absolute Gasteiger partial charge is 0.379 e. The first-order valence-corrected chi connectivity index (χ1v) is 7.07. The van der Waals surface area contributed by atoms with E-state index < -0.39 is 5.41 Å². The fraction of sp³-hybridized carbons (Fsp3) is 0.429. The molecule has 0 radical (unpaired) electrons. The Morgan fingerprint density at radius 2 is 2.16 bits per heavy atom. The summed E-state index contributed by atoms with van der Waals surface area (Å²) >= 11 is 1.53. The summed E-state index contributed by atoms with van der Waals surface area (Å²) in [4.78, 5) is 16.6. The van der Waals surface area contributed by atoms with Crippen molar-refractivity contribution in [3.8, 4) is 0 Å². The van der Waals surface area contributed by atoms with Crippen LogP contribution >= 0.6 is 11.3 Å². The number of ether oxygens (including phenoxy) is 1. The number of amides is 1. The predicted molar refractivity (Wildman–Crippen MR) is 76.6 cm³/mol. The zero-order valence-electron chi connectivity index (χ0n) is 11.2. The van der Waals surface area contributed by atoms with Gasteiger partial charge in [0.2, 0.25) is 5.91 Å². The maximum atomic E-state index is 12.1. The van der Waals surface area contributed by atoms with E-state index in [-0.39, 0.29) is 5.91 Å². The lowest BCUT2D eigenvalue weighted by molar-refractivity contribution is -0.151. The van der Waals surface area contributed by atoms with Crippen LogP contribution in [0.1, 0.15) is 18.1 Å². The Labute approximate surface area is 115 Å². The Morgan fingerprint density at radius 1 is 1.42 bits per heavy atom. The second-order valence-electron chi connectivity index (χ2n) is 5.46. The van der Waals surface area contributed by atoms with Crippen molar-refractivity contribution >= 4 is 32.6 Å². The van der Waals surface area contributed by atoms with Crippen molar-refractivity contribution < 1.29 is 9.53 Å². The van der Waals surface area contributed by atoms with E-state index in [9.17, 15) is 4.79 Å². The average Bonchev–Trinajstić information content (AvgIpc) is 2.68. The van der Waals surface area contributed by atoms with Crippen molar-refractivity contribution in [1.29, 1.82) is 0 Å². The number of aryl methyl sites for hydroxylation is 2. The van der Waals surface area contributed by atoms with Gasteiger partial charge < -0.3 is 10.1 Å². The molecule has 1 fully saturated rings. The van der Waals surface area contributed by atoms with E-state index in [1.54, 1.807) is 0 Å². The number of thiazole rings is 1. The molecule has 19 heavy (non-hydrogen) atoms. The van der Waals surface area contributed by atoms with Gasteiger partial charge in [0.15, 0.2) is 5.13 Å². The highest BCUT2D eigenvalue weighted by atomic mass is 32.1. The van der Waals surface area contributed by atoms with E-state index in [2.05, 4.69) is 30.2 Å². The molecule has 3 rings (SSSR count). The molecule has 0 saturated carbocycles. The van der Waals surface area contributed by atoms with Crippen LogP contribution in [0.3, 0.4) is 0 Å². The van der Waals surface area contributed by atoms with Gasteiger partial charge >= 0.3 is 0 Å². The quantitative estimate of drug-likeness (QED) is 0.917. The molecule has 0 bridgehead atoms. The van der Waals surface area contributed by atoms with Crippen molar-refractivity contribution in [2.75, 3.05) is 18.5 Å². The highest BCUT2D eigenvalue weighted by Crippen LogP contribution is 2.32. The summed E-state index contributed by atoms with van der Waals surface area (Å²) in [6.07, 6.45) is 0. The minimum atomic E-state index is -0.400. The summed E-state index contributed by atoms with van der Waals surface area (Å²) in [6, 6.07) is 4.18. The Balaban J connectivity index is 1.90. The topological polar surface area (TPSA) is 51.2 Å². The van der Waals surface area contributed by atoms with Gasteiger partial charge in [0, 0.05) is 0 Å². The third-order valence-electron chi connectivity index (χ3n) is 3.43. The normalized spacial score (nSPS) is 17.2. The van der Waals surface area contributed by atoms with Gasteiger partial charge in [0.25, 0.3) is 0 Å². The van der Waals surface area contributed by atoms with Crippen molar-refractivity contribution in [3.05, 3.63) is 23.3 Å². The molecular weight excluding hydrogens is 260 g/mol. The number of fused-ring (bicyclic) bond motifs is 1. The molecule has 1 aromatic carbocycles. The lowest BCUT2D eigenvalue weighted by Gasteiger charge is -2.35. The molecule has 0 atom stereocenters. The van der Waals surface area contributed by atoms with Crippen molar-refractivity contribution in [2.24, 2.45) is 5.41 Å². The van der Waals surface area contributed by atoms with Crippen LogP contribution in [-0.4, -0.2) is 24.1 Å². The fourth-order valence-electron chi connectivity index (χ4n) is 2.22. The maximum Gasteiger partial charge on any atom is 0.236 e. The summed E-state index contributed by atoms with van der Waals surface area (Å²) in [5, 5.41) is 3.58. The number of hydrogen-bond donors (Lipinski definition) is 1. The van der Waals surface area contributed by atoms with Gasteiger partial charge in [0.05, 0.1) is 28.8 Å². The molecule has 0 spiro atoms. The van der Waals surface area contributed by atoms with Gasteiger partial charge in [-0.25, -0.2) is 4.98 Å². The second kappa shape index (κ2) is 4.28. The fourth-order valence-corrected chi connectivity index (χ4v) is 3.13. The van der Waals surface area contributed by atoms with Crippen molar-refractivity contribution in [1.82, 2.24) is 4.98 Å². The number of carbonyl (C=O) groups is 1. The van der Waals surface area contributed by atoms with Crippen LogP contribution in [0.4, 0.5) is 5.13 Å². The van der Waals surface area contributed by atoms with E-state index in [4.69, 9.17) is 4.74 Å². The average molecular weight is 276 g/mol. The van der Waals surface area contributed by atoms with E-state index >= 15 is 0 Å². The molecular formula is C14H16N2O2S. The third kappa shape index (κ3) is 2.13. The lowest BCUT2D eigenvalue weighted by atomic mass is 9.88. The molecule has 100 valence electrons. The van der Waals surface area contributed by atoms with Gasteiger partial charge in [-0.05, 0) is 38.0 Å². The SMILES string of the molecule is Cc1cc(C)c2sc(NC(=O)C3(C)COC3)nc2c1. The van der Waals surface area contributed by atoms with E-state index in [0.717, 1.165) is 10.2 Å². The standard InChI is InChI=1S/C14H16N2O2S/c1-8-4-9(2)11-10(5-8)15-13(19-11)16-12(17)14(3)6-18-7-14/h4-5H,6-7H2,1-3H3,(H,15,16,17). The molecule has 1 amide bonds. The molecule has 1 N–H and O–H groups in total. The van der Waals surface area contributed by atoms with Gasteiger partial charge in [-0.15, -0.1) is 0 Å². The highest BCUT2D eigenvalue weighted by molar-refractivity contribution is 7.22. The van der Waals surface area contributed by atoms with Crippen molar-refractivity contribution in [2.45, 2.75) is 20.8 Å². The molecule has 0 aliphatic carbocycles. The molecule has 0 unspecified atom stereocenters. The first-order valence-electron chi connectivity index (χ1n) is 6.25. The summed E-state index contributed by atoms with van der Waals surface area (Å²) in [7, 11) is 0. The first-order chi connectivity index (χ1) is 8.98. The Hall–Kier alpha value is -1.46. The minimum Gasteiger partial charge on any atom is -0.379 e. The summed E-state index contributed by atoms with van der Waals surface area (Å²) in [5.41, 5.74) is 2.94. The van der Waals surface area contributed by atoms with Gasteiger partial charge in [-0.2, -0.15) is 0 Å². The van der Waals surface area contributed by atoms with Crippen LogP contribution < -0.4 is 5.32 Å². The number of benzene rings is 1. The predicted octanol–water partition coefficient (Wildman–Crippen LogP) is 2.89. The van der Waals surface area contributed by atoms with Crippen LogP contribution in [-0.2, 0) is 9.53 Å². The molecule has 4 nitrogen and oxygen atoms in total. The molecule has 2 aromatic rings. The summed E-state index contributed by atoms with van der Waals surface area (Å²) in [5.74, 6) is -0.00724. The number of nitrogens with zero attached hydrogens (tertiary/aromatic N) is 1. The van der Waals surface area contributed by atoms with E-state index in [1.807, 2.05) is 13.0 Å². The maximum absolute atomic E-state index is 12.1. The Bertz CT molecular complexity index is 659. The number of hydrogen-bond acceptors (Lipinski definition) is 4. The zero-order chi connectivity index (χ0) is 13.6. The Morgan fingerprint density at radius 3 is 2.79 bits per heavy atom. The third-order valence-corrected chi connectivity index (χ3v) is 4.55. The second-order valence-corrected chi connectivity index (χ2v) is 6.46. The van der Waals surface area contributed by atoms with Crippen LogP contribution in [0, 0.1) is 19.3 Å². The van der Waals surface area contributed by atoms with Gasteiger partial charge in [0.1, 0.15) is 0 Å². The van der Waals surface area contributed by atoms with Crippen LogP contribution in [0.2, 0.25) is 0 Å². The number of anilines is 1. The van der Waals surface area contributed by atoms with Crippen LogP contribution in [0.5, 0.6) is 0 Å². The molecule has 5 heteroatoms. The summed E-state index contributed by atoms with van der Waals surface area (Å²) in [6.45, 7) is 7.01. The van der Waals surface area contributed by atoms with Gasteiger partial charge in [-0.1, -0.05) is 17.4 Å². The number of aromatic nitrogens is 1. The molecule has 1 aromatic heterocycles. The van der Waals surface area contributed by atoms with E-state index in [1.165, 1.54) is 22.5 Å².